The number of aromatic nitrogens is 3. The minimum absolute atomic E-state index is 0.214. The van der Waals surface area contributed by atoms with Gasteiger partial charge in [0.1, 0.15) is 11.5 Å². The first-order chi connectivity index (χ1) is 15.5. The van der Waals surface area contributed by atoms with Gasteiger partial charge in [-0.1, -0.05) is 18.2 Å². The Morgan fingerprint density at radius 2 is 1.62 bits per heavy atom. The average molecular weight is 428 g/mol. The molecule has 0 bridgehead atoms. The van der Waals surface area contributed by atoms with Gasteiger partial charge in [-0.2, -0.15) is 0 Å². The summed E-state index contributed by atoms with van der Waals surface area (Å²) in [5.74, 6) is 1.42. The van der Waals surface area contributed by atoms with Crippen LogP contribution in [0.3, 0.4) is 0 Å². The highest BCUT2D eigenvalue weighted by molar-refractivity contribution is 6.01. The van der Waals surface area contributed by atoms with Gasteiger partial charge in [0.05, 0.1) is 19.7 Å². The number of carbonyl (C=O) groups is 1. The van der Waals surface area contributed by atoms with Gasteiger partial charge in [-0.15, -0.1) is 0 Å². The first-order valence-electron chi connectivity index (χ1n) is 10.2. The van der Waals surface area contributed by atoms with E-state index in [2.05, 4.69) is 21.0 Å². The number of aryl methyl sites for hydroxylation is 3. The fourth-order valence-electron chi connectivity index (χ4n) is 3.64. The number of carbonyl (C=O) groups excluding carboxylic acids is 1. The second-order valence-corrected chi connectivity index (χ2v) is 7.48. The number of pyridine rings is 1. The minimum atomic E-state index is -0.573. The molecule has 32 heavy (non-hydrogen) atoms. The second kappa shape index (κ2) is 9.01. The number of benzene rings is 2. The molecular weight excluding hydrogens is 404 g/mol. The molecule has 0 unspecified atom stereocenters. The van der Waals surface area contributed by atoms with Crippen molar-refractivity contribution < 1.29 is 14.3 Å². The minimum Gasteiger partial charge on any atom is -0.493 e. The highest BCUT2D eigenvalue weighted by Gasteiger charge is 2.14. The number of amides is 1. The molecule has 1 amide bonds. The molecule has 4 rings (SSSR count). The molecule has 0 spiro atoms. The molecule has 2 N–H and O–H groups in total. The summed E-state index contributed by atoms with van der Waals surface area (Å²) in [6, 6.07) is 13.5. The van der Waals surface area contributed by atoms with Crippen LogP contribution in [-0.4, -0.2) is 35.1 Å². The maximum atomic E-state index is 12.0. The third-order valence-corrected chi connectivity index (χ3v) is 5.36. The smallest absolute Gasteiger partial charge is 0.267 e. The molecule has 0 radical (unpaired) electrons. The summed E-state index contributed by atoms with van der Waals surface area (Å²) in [5, 5.41) is 0.921. The van der Waals surface area contributed by atoms with Gasteiger partial charge in [0.15, 0.2) is 11.5 Å². The van der Waals surface area contributed by atoms with Gasteiger partial charge < -0.3 is 15.2 Å². The molecule has 2 aromatic carbocycles. The Labute approximate surface area is 186 Å². The molecule has 2 aromatic heterocycles. The van der Waals surface area contributed by atoms with E-state index in [1.165, 1.54) is 0 Å². The monoisotopic (exact) mass is 428 g/mol. The summed E-state index contributed by atoms with van der Waals surface area (Å²) in [6.07, 6.45) is 5.31. The number of hydrogen-bond donors (Lipinski definition) is 1. The lowest BCUT2D eigenvalue weighted by Crippen LogP contribution is -2.13. The zero-order valence-corrected chi connectivity index (χ0v) is 18.3. The Morgan fingerprint density at radius 3 is 2.31 bits per heavy atom. The fourth-order valence-corrected chi connectivity index (χ4v) is 3.64. The Bertz CT molecular complexity index is 1290. The van der Waals surface area contributed by atoms with Crippen LogP contribution in [0.5, 0.6) is 11.5 Å². The lowest BCUT2D eigenvalue weighted by Gasteiger charge is -2.13. The van der Waals surface area contributed by atoms with Crippen LogP contribution in [0, 0.1) is 6.92 Å². The predicted octanol–water partition coefficient (Wildman–Crippen LogP) is 3.90. The van der Waals surface area contributed by atoms with Crippen LogP contribution in [0.1, 0.15) is 27.4 Å². The standard InChI is InChI=1S/C25H24N4O3/c1-15-27-13-17(14-28-15)5-4-16-6-8-19-20(12-22(25(26)30)29-21(19)10-16)18-7-9-23(31-2)24(11-18)32-3/h6-14H,4-5H2,1-3H3,(H2,26,30). The van der Waals surface area contributed by atoms with E-state index >= 15 is 0 Å². The molecule has 162 valence electrons. The summed E-state index contributed by atoms with van der Waals surface area (Å²) >= 11 is 0. The Hall–Kier alpha value is -4.00. The second-order valence-electron chi connectivity index (χ2n) is 7.48. The number of methoxy groups -OCH3 is 2. The number of primary amides is 1. The van der Waals surface area contributed by atoms with Gasteiger partial charge in [0.2, 0.25) is 0 Å². The van der Waals surface area contributed by atoms with Crippen molar-refractivity contribution >= 4 is 16.8 Å². The van der Waals surface area contributed by atoms with Crippen molar-refractivity contribution in [3.05, 3.63) is 77.5 Å². The summed E-state index contributed by atoms with van der Waals surface area (Å²) in [5.41, 5.74) is 10.4. The van der Waals surface area contributed by atoms with Crippen molar-refractivity contribution in [3.63, 3.8) is 0 Å². The van der Waals surface area contributed by atoms with E-state index in [-0.39, 0.29) is 5.69 Å². The van der Waals surface area contributed by atoms with Gasteiger partial charge in [-0.05, 0) is 66.3 Å². The predicted molar refractivity (Wildman–Crippen MR) is 123 cm³/mol. The summed E-state index contributed by atoms with van der Waals surface area (Å²) in [6.45, 7) is 1.87. The van der Waals surface area contributed by atoms with Crippen LogP contribution in [0.15, 0.2) is 54.9 Å². The zero-order chi connectivity index (χ0) is 22.7. The summed E-state index contributed by atoms with van der Waals surface area (Å²) < 4.78 is 10.8. The Balaban J connectivity index is 1.75. The van der Waals surface area contributed by atoms with Crippen molar-refractivity contribution in [2.75, 3.05) is 14.2 Å². The molecule has 0 aliphatic rings. The average Bonchev–Trinajstić information content (AvgIpc) is 2.82. The lowest BCUT2D eigenvalue weighted by atomic mass is 9.97. The highest BCUT2D eigenvalue weighted by atomic mass is 16.5. The van der Waals surface area contributed by atoms with E-state index in [0.29, 0.717) is 17.0 Å². The summed E-state index contributed by atoms with van der Waals surface area (Å²) in [7, 11) is 3.18. The molecule has 0 saturated heterocycles. The van der Waals surface area contributed by atoms with Crippen molar-refractivity contribution in [2.45, 2.75) is 19.8 Å². The maximum absolute atomic E-state index is 12.0. The molecule has 0 saturated carbocycles. The van der Waals surface area contributed by atoms with Gasteiger partial charge in [0.25, 0.3) is 5.91 Å². The molecule has 2 heterocycles. The van der Waals surface area contributed by atoms with Gasteiger partial charge >= 0.3 is 0 Å². The van der Waals surface area contributed by atoms with Gasteiger partial charge in [-0.25, -0.2) is 15.0 Å². The van der Waals surface area contributed by atoms with Crippen molar-refractivity contribution in [2.24, 2.45) is 5.73 Å². The van der Waals surface area contributed by atoms with Crippen LogP contribution >= 0.6 is 0 Å². The maximum Gasteiger partial charge on any atom is 0.267 e. The molecule has 4 aromatic rings. The topological polar surface area (TPSA) is 100 Å². The largest absolute Gasteiger partial charge is 0.493 e. The number of rotatable bonds is 7. The van der Waals surface area contributed by atoms with Crippen molar-refractivity contribution in [1.29, 1.82) is 0 Å². The third-order valence-electron chi connectivity index (χ3n) is 5.36. The quantitative estimate of drug-likeness (QED) is 0.479. The van der Waals surface area contributed by atoms with Gasteiger partial charge in [0, 0.05) is 17.8 Å². The van der Waals surface area contributed by atoms with Crippen LogP contribution < -0.4 is 15.2 Å². The number of ether oxygens (including phenoxy) is 2. The number of nitrogens with two attached hydrogens (primary N) is 1. The molecule has 0 aliphatic heterocycles. The molecule has 0 fully saturated rings. The number of hydrogen-bond acceptors (Lipinski definition) is 6. The van der Waals surface area contributed by atoms with E-state index in [1.807, 2.05) is 49.6 Å². The fraction of sp³-hybridized carbons (Fsp3) is 0.200. The van der Waals surface area contributed by atoms with E-state index in [4.69, 9.17) is 15.2 Å². The normalized spacial score (nSPS) is 10.8. The van der Waals surface area contributed by atoms with Crippen LogP contribution in [0.2, 0.25) is 0 Å². The number of fused-ring (bicyclic) bond motifs is 1. The highest BCUT2D eigenvalue weighted by Crippen LogP contribution is 2.35. The summed E-state index contributed by atoms with van der Waals surface area (Å²) in [4.78, 5) is 25.0. The molecule has 0 atom stereocenters. The van der Waals surface area contributed by atoms with Crippen LogP contribution in [-0.2, 0) is 12.8 Å². The SMILES string of the molecule is COc1ccc(-c2cc(C(N)=O)nc3cc(CCc4cnc(C)nc4)ccc23)cc1OC. The molecule has 7 nitrogen and oxygen atoms in total. The van der Waals surface area contributed by atoms with E-state index in [9.17, 15) is 4.79 Å². The van der Waals surface area contributed by atoms with E-state index < -0.39 is 5.91 Å². The molecular formula is C25H24N4O3. The van der Waals surface area contributed by atoms with E-state index in [1.54, 1.807) is 20.3 Å². The Morgan fingerprint density at radius 1 is 0.906 bits per heavy atom. The van der Waals surface area contributed by atoms with Crippen molar-refractivity contribution in [1.82, 2.24) is 15.0 Å². The number of nitrogens with zero attached hydrogens (tertiary/aromatic N) is 3. The lowest BCUT2D eigenvalue weighted by molar-refractivity contribution is 0.0996. The van der Waals surface area contributed by atoms with E-state index in [0.717, 1.165) is 46.3 Å². The van der Waals surface area contributed by atoms with Crippen LogP contribution in [0.4, 0.5) is 0 Å². The first kappa shape index (κ1) is 21.2. The van der Waals surface area contributed by atoms with Crippen molar-refractivity contribution in [3.8, 4) is 22.6 Å². The first-order valence-corrected chi connectivity index (χ1v) is 10.2. The molecule has 7 heteroatoms. The van der Waals surface area contributed by atoms with Crippen LogP contribution in [0.25, 0.3) is 22.0 Å². The molecule has 0 aliphatic carbocycles. The third kappa shape index (κ3) is 4.37. The zero-order valence-electron chi connectivity index (χ0n) is 18.3. The Kier molecular flexibility index (Phi) is 5.98. The van der Waals surface area contributed by atoms with Gasteiger partial charge in [-0.3, -0.25) is 4.79 Å².